The average Bonchev–Trinajstić information content (AvgIpc) is 2.36. The van der Waals surface area contributed by atoms with Gasteiger partial charge in [0.05, 0.1) is 11.1 Å². The second kappa shape index (κ2) is 5.62. The van der Waals surface area contributed by atoms with Gasteiger partial charge in [-0.1, -0.05) is 42.4 Å². The predicted molar refractivity (Wildman–Crippen MR) is 68.8 cm³/mol. The smallest absolute Gasteiger partial charge is 0.317 e. The first kappa shape index (κ1) is 13.4. The van der Waals surface area contributed by atoms with Crippen LogP contribution < -0.4 is 0 Å². The lowest BCUT2D eigenvalue weighted by Crippen LogP contribution is -2.24. The molecule has 0 unspecified atom stereocenters. The Labute approximate surface area is 102 Å². The number of hydrogen-bond acceptors (Lipinski definition) is 3. The van der Waals surface area contributed by atoms with E-state index in [0.29, 0.717) is 5.71 Å². The number of nitrogens with zero attached hydrogens (tertiary/aromatic N) is 1. The fourth-order valence-electron chi connectivity index (χ4n) is 1.11. The van der Waals surface area contributed by atoms with Crippen LogP contribution in [0.5, 0.6) is 0 Å². The molecule has 0 fully saturated rings. The third-order valence-electron chi connectivity index (χ3n) is 2.89. The summed E-state index contributed by atoms with van der Waals surface area (Å²) in [6.07, 6.45) is 0.728. The number of benzene rings is 1. The molecule has 0 bridgehead atoms. The minimum atomic E-state index is -0.486. The van der Waals surface area contributed by atoms with Crippen LogP contribution >= 0.6 is 0 Å². The lowest BCUT2D eigenvalue weighted by Gasteiger charge is -2.17. The number of rotatable bonds is 4. The maximum absolute atomic E-state index is 11.7. The van der Waals surface area contributed by atoms with Crippen LogP contribution in [0.1, 0.15) is 39.7 Å². The largest absolute Gasteiger partial charge is 0.340 e. The van der Waals surface area contributed by atoms with Crippen LogP contribution in [-0.2, 0) is 9.63 Å². The molecule has 0 atom stereocenters. The van der Waals surface area contributed by atoms with Gasteiger partial charge < -0.3 is 4.84 Å². The average molecular weight is 233 g/mol. The van der Waals surface area contributed by atoms with Crippen molar-refractivity contribution in [2.75, 3.05) is 0 Å². The van der Waals surface area contributed by atoms with E-state index in [4.69, 9.17) is 4.84 Å². The summed E-state index contributed by atoms with van der Waals surface area (Å²) in [5.74, 6) is -0.296. The van der Waals surface area contributed by atoms with E-state index in [1.165, 1.54) is 0 Å². The molecule has 0 aliphatic rings. The van der Waals surface area contributed by atoms with E-state index < -0.39 is 5.41 Å². The summed E-state index contributed by atoms with van der Waals surface area (Å²) in [5, 5.41) is 3.88. The molecule has 0 aromatic heterocycles. The number of oxime groups is 1. The minimum absolute atomic E-state index is 0.296. The molecule has 0 aliphatic heterocycles. The van der Waals surface area contributed by atoms with Crippen LogP contribution in [0, 0.1) is 5.41 Å². The van der Waals surface area contributed by atoms with Crippen LogP contribution in [-0.4, -0.2) is 11.7 Å². The zero-order valence-corrected chi connectivity index (χ0v) is 10.9. The third kappa shape index (κ3) is 3.70. The molecule has 0 N–H and O–H groups in total. The van der Waals surface area contributed by atoms with E-state index >= 15 is 0 Å². The molecule has 1 aromatic rings. The summed E-state index contributed by atoms with van der Waals surface area (Å²) >= 11 is 0. The van der Waals surface area contributed by atoms with Crippen molar-refractivity contribution in [3.8, 4) is 0 Å². The Balaban J connectivity index is 2.70. The van der Waals surface area contributed by atoms with Crippen molar-refractivity contribution in [2.24, 2.45) is 10.6 Å². The standard InChI is InChI=1S/C14H19NO2/c1-5-14(3,4)13(16)17-15-11(2)12-9-7-6-8-10-12/h6-10H,5H2,1-4H3/b15-11+. The SMILES string of the molecule is CCC(C)(C)C(=O)O/N=C(\C)c1ccccc1. The second-order valence-electron chi connectivity index (χ2n) is 4.66. The van der Waals surface area contributed by atoms with Crippen LogP contribution in [0.25, 0.3) is 0 Å². The Kier molecular flexibility index (Phi) is 4.44. The lowest BCUT2D eigenvalue weighted by molar-refractivity contribution is -0.154. The lowest BCUT2D eigenvalue weighted by atomic mass is 9.91. The quantitative estimate of drug-likeness (QED) is 0.454. The molecule has 1 rings (SSSR count). The van der Waals surface area contributed by atoms with E-state index in [0.717, 1.165) is 12.0 Å². The molecular formula is C14H19NO2. The first-order valence-electron chi connectivity index (χ1n) is 5.79. The molecule has 0 heterocycles. The Bertz CT molecular complexity index is 407. The highest BCUT2D eigenvalue weighted by atomic mass is 16.7. The molecule has 0 saturated carbocycles. The summed E-state index contributed by atoms with van der Waals surface area (Å²) in [7, 11) is 0. The van der Waals surface area contributed by atoms with Crippen molar-refractivity contribution in [2.45, 2.75) is 34.1 Å². The highest BCUT2D eigenvalue weighted by Gasteiger charge is 2.27. The first-order valence-corrected chi connectivity index (χ1v) is 5.79. The fraction of sp³-hybridized carbons (Fsp3) is 0.429. The molecule has 0 aliphatic carbocycles. The molecule has 92 valence electrons. The Morgan fingerprint density at radius 2 is 1.88 bits per heavy atom. The van der Waals surface area contributed by atoms with E-state index in [1.807, 2.05) is 58.0 Å². The van der Waals surface area contributed by atoms with Gasteiger partial charge in [-0.3, -0.25) is 0 Å². The molecular weight excluding hydrogens is 214 g/mol. The highest BCUT2D eigenvalue weighted by molar-refractivity contribution is 5.98. The van der Waals surface area contributed by atoms with E-state index in [1.54, 1.807) is 0 Å². The van der Waals surface area contributed by atoms with Gasteiger partial charge in [0.15, 0.2) is 0 Å². The van der Waals surface area contributed by atoms with Crippen LogP contribution in [0.4, 0.5) is 0 Å². The molecule has 0 amide bonds. The number of hydrogen-bond donors (Lipinski definition) is 0. The normalized spacial score (nSPS) is 12.4. The molecule has 3 nitrogen and oxygen atoms in total. The summed E-state index contributed by atoms with van der Waals surface area (Å²) in [6.45, 7) is 7.47. The molecule has 0 spiro atoms. The molecule has 1 aromatic carbocycles. The van der Waals surface area contributed by atoms with Gasteiger partial charge in [-0.15, -0.1) is 0 Å². The Hall–Kier alpha value is -1.64. The van der Waals surface area contributed by atoms with Crippen molar-refractivity contribution in [1.82, 2.24) is 0 Å². The van der Waals surface area contributed by atoms with E-state index in [9.17, 15) is 4.79 Å². The molecule has 3 heteroatoms. The summed E-state index contributed by atoms with van der Waals surface area (Å²) in [6, 6.07) is 9.64. The van der Waals surface area contributed by atoms with Crippen LogP contribution in [0.15, 0.2) is 35.5 Å². The first-order chi connectivity index (χ1) is 7.97. The minimum Gasteiger partial charge on any atom is -0.317 e. The number of carbonyl (C=O) groups is 1. The van der Waals surface area contributed by atoms with Crippen molar-refractivity contribution >= 4 is 11.7 Å². The summed E-state index contributed by atoms with van der Waals surface area (Å²) < 4.78 is 0. The van der Waals surface area contributed by atoms with Gasteiger partial charge in [0.25, 0.3) is 0 Å². The van der Waals surface area contributed by atoms with Gasteiger partial charge in [-0.05, 0) is 32.8 Å². The monoisotopic (exact) mass is 233 g/mol. The molecule has 0 saturated heterocycles. The summed E-state index contributed by atoms with van der Waals surface area (Å²) in [4.78, 5) is 16.7. The van der Waals surface area contributed by atoms with Gasteiger partial charge >= 0.3 is 5.97 Å². The molecule has 0 radical (unpaired) electrons. The maximum atomic E-state index is 11.7. The van der Waals surface area contributed by atoms with Crippen molar-refractivity contribution in [3.05, 3.63) is 35.9 Å². The van der Waals surface area contributed by atoms with E-state index in [2.05, 4.69) is 5.16 Å². The zero-order chi connectivity index (χ0) is 12.9. The van der Waals surface area contributed by atoms with Crippen molar-refractivity contribution < 1.29 is 9.63 Å². The summed E-state index contributed by atoms with van der Waals surface area (Å²) in [5.41, 5.74) is 1.17. The van der Waals surface area contributed by atoms with Gasteiger partial charge in [0, 0.05) is 0 Å². The van der Waals surface area contributed by atoms with Crippen LogP contribution in [0.2, 0.25) is 0 Å². The Morgan fingerprint density at radius 3 is 2.41 bits per heavy atom. The third-order valence-corrected chi connectivity index (χ3v) is 2.89. The molecule has 17 heavy (non-hydrogen) atoms. The van der Waals surface area contributed by atoms with Gasteiger partial charge in [0.1, 0.15) is 0 Å². The van der Waals surface area contributed by atoms with Crippen molar-refractivity contribution in [3.63, 3.8) is 0 Å². The topological polar surface area (TPSA) is 38.7 Å². The maximum Gasteiger partial charge on any atom is 0.340 e. The van der Waals surface area contributed by atoms with E-state index in [-0.39, 0.29) is 5.97 Å². The number of carbonyl (C=O) groups excluding carboxylic acids is 1. The van der Waals surface area contributed by atoms with Gasteiger partial charge in [0.2, 0.25) is 0 Å². The van der Waals surface area contributed by atoms with Crippen molar-refractivity contribution in [1.29, 1.82) is 0 Å². The second-order valence-corrected chi connectivity index (χ2v) is 4.66. The highest BCUT2D eigenvalue weighted by Crippen LogP contribution is 2.21. The fourth-order valence-corrected chi connectivity index (χ4v) is 1.11. The van der Waals surface area contributed by atoms with Gasteiger partial charge in [-0.25, -0.2) is 4.79 Å². The predicted octanol–water partition coefficient (Wildman–Crippen LogP) is 3.39. The van der Waals surface area contributed by atoms with Gasteiger partial charge in [-0.2, -0.15) is 0 Å². The van der Waals surface area contributed by atoms with Crippen LogP contribution in [0.3, 0.4) is 0 Å². The zero-order valence-electron chi connectivity index (χ0n) is 10.9. The Morgan fingerprint density at radius 1 is 1.29 bits per heavy atom.